The Balaban J connectivity index is 1.01. The summed E-state index contributed by atoms with van der Waals surface area (Å²) in [7, 11) is 0. The van der Waals surface area contributed by atoms with Crippen LogP contribution in [0.3, 0.4) is 0 Å². The highest BCUT2D eigenvalue weighted by Crippen LogP contribution is 2.53. The molecule has 1 aliphatic carbocycles. The van der Waals surface area contributed by atoms with Crippen LogP contribution in [0.2, 0.25) is 0 Å². The summed E-state index contributed by atoms with van der Waals surface area (Å²) in [5, 5.41) is 4.78. The molecule has 2 aromatic heterocycles. The summed E-state index contributed by atoms with van der Waals surface area (Å²) in [6.07, 6.45) is 0. The van der Waals surface area contributed by atoms with Crippen LogP contribution >= 0.6 is 0 Å². The zero-order valence-corrected chi connectivity index (χ0v) is 32.2. The molecule has 0 spiro atoms. The molecule has 10 aromatic rings. The largest absolute Gasteiger partial charge is 0.454 e. The van der Waals surface area contributed by atoms with E-state index in [1.807, 2.05) is 0 Å². The molecule has 2 atom stereocenters. The molecule has 57 heavy (non-hydrogen) atoms. The minimum atomic E-state index is -0.100. The van der Waals surface area contributed by atoms with Crippen LogP contribution in [-0.4, -0.2) is 4.57 Å². The fraction of sp³-hybridized carbons (Fsp3) is 0.111. The molecular weight excluding hydrogens is 693 g/mol. The Morgan fingerprint density at radius 3 is 2.11 bits per heavy atom. The second kappa shape index (κ2) is 11.8. The molecule has 0 saturated carbocycles. The monoisotopic (exact) mass is 732 g/mol. The molecule has 0 saturated heterocycles. The summed E-state index contributed by atoms with van der Waals surface area (Å²) in [6, 6.07) is 64.9. The second-order valence-corrected chi connectivity index (χ2v) is 16.5. The lowest BCUT2D eigenvalue weighted by Crippen LogP contribution is -2.21. The van der Waals surface area contributed by atoms with E-state index in [1.165, 1.54) is 77.7 Å². The smallest absolute Gasteiger partial charge is 0.159 e. The van der Waals surface area contributed by atoms with Gasteiger partial charge in [0.15, 0.2) is 5.58 Å². The molecule has 0 bridgehead atoms. The molecule has 3 heteroatoms. The van der Waals surface area contributed by atoms with Crippen molar-refractivity contribution in [1.29, 1.82) is 0 Å². The topological polar surface area (TPSA) is 21.3 Å². The first-order chi connectivity index (χ1) is 28.0. The summed E-state index contributed by atoms with van der Waals surface area (Å²) >= 11 is 0. The van der Waals surface area contributed by atoms with Gasteiger partial charge in [0.2, 0.25) is 0 Å². The first kappa shape index (κ1) is 32.4. The highest BCUT2D eigenvalue weighted by molar-refractivity contribution is 6.16. The fourth-order valence-corrected chi connectivity index (χ4v) is 10.5. The quantitative estimate of drug-likeness (QED) is 0.180. The van der Waals surface area contributed by atoms with Crippen molar-refractivity contribution >= 4 is 55.1 Å². The standard InChI is InChI=1S/C54H40N2O/c1-33-37-17-8-11-23-46(37)55(36-15-5-4-6-16-36)52(33)35-29-27-34(28-30-35)38-20-14-26-50-51(38)41-21-13-25-48(53(41)57-50)56-47-24-12-9-19-40(47)43-31-42-39-18-7-10-22-44(39)54(2,3)45(42)32-49(43)56/h4-33,52H,1-3H3/t33-,52?/m0/s1. The lowest BCUT2D eigenvalue weighted by Gasteiger charge is -2.30. The molecule has 3 nitrogen and oxygen atoms in total. The third kappa shape index (κ3) is 4.48. The number of nitrogens with zero attached hydrogens (tertiary/aromatic N) is 2. The third-order valence-corrected chi connectivity index (χ3v) is 13.2. The molecule has 3 heterocycles. The van der Waals surface area contributed by atoms with Crippen molar-refractivity contribution in [1.82, 2.24) is 4.57 Å². The van der Waals surface area contributed by atoms with Gasteiger partial charge in [0, 0.05) is 44.3 Å². The van der Waals surface area contributed by atoms with E-state index in [0.29, 0.717) is 5.92 Å². The minimum absolute atomic E-state index is 0.100. The number of hydrogen-bond donors (Lipinski definition) is 0. The van der Waals surface area contributed by atoms with Gasteiger partial charge in [0.05, 0.1) is 22.8 Å². The molecule has 12 rings (SSSR count). The SMILES string of the molecule is C[C@H]1c2ccccc2N(c2ccccc2)C1c1ccc(-c2cccc3oc4c(-n5c6ccccc6c6cc7c(cc65)C(C)(C)c5ccccc5-7)cccc4c23)cc1. The molecule has 272 valence electrons. The Morgan fingerprint density at radius 2 is 1.23 bits per heavy atom. The van der Waals surface area contributed by atoms with Gasteiger partial charge >= 0.3 is 0 Å². The van der Waals surface area contributed by atoms with Crippen LogP contribution in [0.15, 0.2) is 180 Å². The van der Waals surface area contributed by atoms with Crippen molar-refractivity contribution in [3.05, 3.63) is 198 Å². The first-order valence-electron chi connectivity index (χ1n) is 20.1. The van der Waals surface area contributed by atoms with Gasteiger partial charge in [0.1, 0.15) is 5.58 Å². The average Bonchev–Trinajstić information content (AvgIpc) is 3.96. The van der Waals surface area contributed by atoms with Gasteiger partial charge in [-0.05, 0) is 93.0 Å². The van der Waals surface area contributed by atoms with Crippen molar-refractivity contribution in [2.75, 3.05) is 4.90 Å². The number of aromatic nitrogens is 1. The number of benzene rings is 8. The van der Waals surface area contributed by atoms with Gasteiger partial charge < -0.3 is 13.9 Å². The van der Waals surface area contributed by atoms with Crippen molar-refractivity contribution in [2.45, 2.75) is 38.1 Å². The zero-order chi connectivity index (χ0) is 38.0. The van der Waals surface area contributed by atoms with Gasteiger partial charge in [-0.3, -0.25) is 0 Å². The lowest BCUT2D eigenvalue weighted by molar-refractivity contribution is 0.627. The average molecular weight is 733 g/mol. The van der Waals surface area contributed by atoms with Crippen LogP contribution in [0.5, 0.6) is 0 Å². The van der Waals surface area contributed by atoms with Crippen LogP contribution in [-0.2, 0) is 5.41 Å². The van der Waals surface area contributed by atoms with E-state index in [2.05, 4.69) is 206 Å². The van der Waals surface area contributed by atoms with Crippen molar-refractivity contribution < 1.29 is 4.42 Å². The fourth-order valence-electron chi connectivity index (χ4n) is 10.5. The molecule has 0 N–H and O–H groups in total. The number of para-hydroxylation sites is 4. The van der Waals surface area contributed by atoms with Gasteiger partial charge in [-0.15, -0.1) is 0 Å². The minimum Gasteiger partial charge on any atom is -0.454 e. The Labute approximate surface area is 332 Å². The van der Waals surface area contributed by atoms with Crippen LogP contribution in [0.25, 0.3) is 71.7 Å². The van der Waals surface area contributed by atoms with E-state index < -0.39 is 0 Å². The second-order valence-electron chi connectivity index (χ2n) is 16.5. The number of fused-ring (bicyclic) bond motifs is 10. The van der Waals surface area contributed by atoms with Crippen molar-refractivity contribution in [3.63, 3.8) is 0 Å². The van der Waals surface area contributed by atoms with E-state index >= 15 is 0 Å². The first-order valence-corrected chi connectivity index (χ1v) is 20.1. The summed E-state index contributed by atoms with van der Waals surface area (Å²) in [5.74, 6) is 0.343. The summed E-state index contributed by atoms with van der Waals surface area (Å²) < 4.78 is 9.38. The van der Waals surface area contributed by atoms with E-state index in [9.17, 15) is 0 Å². The molecule has 0 radical (unpaired) electrons. The molecule has 2 aliphatic rings. The van der Waals surface area contributed by atoms with Gasteiger partial charge in [0.25, 0.3) is 0 Å². The van der Waals surface area contributed by atoms with Gasteiger partial charge in [-0.1, -0.05) is 148 Å². The molecule has 1 aliphatic heterocycles. The van der Waals surface area contributed by atoms with Crippen LogP contribution in [0.4, 0.5) is 11.4 Å². The summed E-state index contributed by atoms with van der Waals surface area (Å²) in [6.45, 7) is 7.08. The maximum absolute atomic E-state index is 6.94. The Hall–Kier alpha value is -6.84. The zero-order valence-electron chi connectivity index (χ0n) is 32.2. The third-order valence-electron chi connectivity index (χ3n) is 13.2. The number of hydrogen-bond acceptors (Lipinski definition) is 2. The predicted octanol–water partition coefficient (Wildman–Crippen LogP) is 14.7. The van der Waals surface area contributed by atoms with E-state index in [-0.39, 0.29) is 11.5 Å². The van der Waals surface area contributed by atoms with Gasteiger partial charge in [-0.2, -0.15) is 0 Å². The maximum Gasteiger partial charge on any atom is 0.159 e. The van der Waals surface area contributed by atoms with Crippen molar-refractivity contribution in [2.24, 2.45) is 0 Å². The van der Waals surface area contributed by atoms with Crippen LogP contribution in [0.1, 0.15) is 55.0 Å². The molecule has 1 unspecified atom stereocenters. The molecule has 0 amide bonds. The number of anilines is 2. The van der Waals surface area contributed by atoms with E-state index in [0.717, 1.165) is 27.6 Å². The number of furan rings is 1. The van der Waals surface area contributed by atoms with E-state index in [1.54, 1.807) is 0 Å². The lowest BCUT2D eigenvalue weighted by atomic mass is 9.82. The Kier molecular flexibility index (Phi) is 6.73. The van der Waals surface area contributed by atoms with Gasteiger partial charge in [-0.25, -0.2) is 0 Å². The highest BCUT2D eigenvalue weighted by atomic mass is 16.3. The molecule has 8 aromatic carbocycles. The van der Waals surface area contributed by atoms with Crippen molar-refractivity contribution in [3.8, 4) is 27.9 Å². The van der Waals surface area contributed by atoms with Crippen LogP contribution < -0.4 is 4.90 Å². The summed E-state index contributed by atoms with van der Waals surface area (Å²) in [5.41, 5.74) is 18.1. The van der Waals surface area contributed by atoms with E-state index in [4.69, 9.17) is 4.42 Å². The Morgan fingerprint density at radius 1 is 0.526 bits per heavy atom. The number of rotatable bonds is 4. The van der Waals surface area contributed by atoms with Crippen LogP contribution in [0, 0.1) is 0 Å². The Bertz CT molecular complexity index is 3240. The maximum atomic E-state index is 6.94. The highest BCUT2D eigenvalue weighted by Gasteiger charge is 2.38. The normalized spacial score (nSPS) is 16.8. The molecule has 0 fully saturated rings. The summed E-state index contributed by atoms with van der Waals surface area (Å²) in [4.78, 5) is 2.52. The molecular formula is C54H40N2O. The predicted molar refractivity (Wildman–Crippen MR) is 237 cm³/mol.